The number of nitro groups is 1. The van der Waals surface area contributed by atoms with Gasteiger partial charge in [0.2, 0.25) is 5.91 Å². The number of fused-ring (bicyclic) bond motifs is 1. The Hall–Kier alpha value is -3.19. The number of hydrogen-bond donors (Lipinski definition) is 2. The van der Waals surface area contributed by atoms with Gasteiger partial charge in [-0.15, -0.1) is 0 Å². The molecule has 1 saturated heterocycles. The fourth-order valence-electron chi connectivity index (χ4n) is 4.11. The first-order chi connectivity index (χ1) is 14.0. The number of hydrogen-bond acceptors (Lipinski definition) is 4. The monoisotopic (exact) mass is 392 g/mol. The zero-order valence-corrected chi connectivity index (χ0v) is 16.3. The quantitative estimate of drug-likeness (QED) is 0.501. The molecule has 0 unspecified atom stereocenters. The van der Waals surface area contributed by atoms with Gasteiger partial charge in [-0.2, -0.15) is 0 Å². The minimum atomic E-state index is -0.452. The predicted octanol–water partition coefficient (Wildman–Crippen LogP) is 4.28. The number of likely N-dealkylation sites (tertiary alicyclic amines) is 1. The van der Waals surface area contributed by atoms with E-state index < -0.39 is 4.92 Å². The molecule has 1 aliphatic heterocycles. The summed E-state index contributed by atoms with van der Waals surface area (Å²) in [5.74, 6) is 0.400. The maximum Gasteiger partial charge on any atom is 0.269 e. The number of piperidine rings is 1. The molecular formula is C22H24N4O3. The predicted molar refractivity (Wildman–Crippen MR) is 113 cm³/mol. The third kappa shape index (κ3) is 4.00. The van der Waals surface area contributed by atoms with E-state index in [0.717, 1.165) is 25.9 Å². The molecule has 29 heavy (non-hydrogen) atoms. The summed E-state index contributed by atoms with van der Waals surface area (Å²) in [6, 6.07) is 14.0. The highest BCUT2D eigenvalue weighted by molar-refractivity contribution is 5.94. The number of nitrogens with one attached hydrogen (secondary N) is 2. The Bertz CT molecular complexity index is 1020. The summed E-state index contributed by atoms with van der Waals surface area (Å²) in [5.41, 5.74) is 3.11. The van der Waals surface area contributed by atoms with Gasteiger partial charge in [-0.3, -0.25) is 19.8 Å². The van der Waals surface area contributed by atoms with Crippen LogP contribution in [-0.2, 0) is 4.79 Å². The standard InChI is InChI=1S/C22H24N4O3/c1-15(22(27)24-17-6-8-18(9-7-17)26(28)29)25-12-10-16(11-13-25)20-14-23-21-5-3-2-4-19(20)21/h2-9,14-16,23H,10-13H2,1H3,(H,24,27)/t15-/m1/s1. The van der Waals surface area contributed by atoms with Gasteiger partial charge in [-0.05, 0) is 62.5 Å². The Morgan fingerprint density at radius 2 is 1.86 bits per heavy atom. The Labute approximate surface area is 168 Å². The van der Waals surface area contributed by atoms with E-state index in [-0.39, 0.29) is 17.6 Å². The molecule has 1 aromatic heterocycles. The first-order valence-corrected chi connectivity index (χ1v) is 9.88. The summed E-state index contributed by atoms with van der Waals surface area (Å²) >= 11 is 0. The SMILES string of the molecule is C[C@H](C(=O)Nc1ccc([N+](=O)[O-])cc1)N1CCC(c2c[nH]c3ccccc23)CC1. The van der Waals surface area contributed by atoms with Crippen molar-refractivity contribution in [1.82, 2.24) is 9.88 Å². The van der Waals surface area contributed by atoms with E-state index in [4.69, 9.17) is 0 Å². The zero-order valence-electron chi connectivity index (χ0n) is 16.3. The lowest BCUT2D eigenvalue weighted by molar-refractivity contribution is -0.384. The van der Waals surface area contributed by atoms with Crippen LogP contribution in [0.3, 0.4) is 0 Å². The van der Waals surface area contributed by atoms with Crippen molar-refractivity contribution in [1.29, 1.82) is 0 Å². The molecule has 0 saturated carbocycles. The van der Waals surface area contributed by atoms with Gasteiger partial charge in [-0.1, -0.05) is 18.2 Å². The smallest absolute Gasteiger partial charge is 0.269 e. The van der Waals surface area contributed by atoms with E-state index in [0.29, 0.717) is 11.6 Å². The fraction of sp³-hybridized carbons (Fsp3) is 0.318. The van der Waals surface area contributed by atoms with Crippen LogP contribution >= 0.6 is 0 Å². The summed E-state index contributed by atoms with van der Waals surface area (Å²) in [6.07, 6.45) is 4.14. The molecule has 2 aromatic carbocycles. The van der Waals surface area contributed by atoms with Crippen molar-refractivity contribution in [2.24, 2.45) is 0 Å². The van der Waals surface area contributed by atoms with E-state index in [9.17, 15) is 14.9 Å². The summed E-state index contributed by atoms with van der Waals surface area (Å²) in [6.45, 7) is 3.63. The number of benzene rings is 2. The molecule has 1 atom stereocenters. The van der Waals surface area contributed by atoms with Gasteiger partial charge < -0.3 is 10.3 Å². The Morgan fingerprint density at radius 1 is 1.17 bits per heavy atom. The van der Waals surface area contributed by atoms with Crippen molar-refractivity contribution >= 4 is 28.2 Å². The second-order valence-electron chi connectivity index (χ2n) is 7.57. The first kappa shape index (κ1) is 19.1. The highest BCUT2D eigenvalue weighted by Crippen LogP contribution is 2.33. The van der Waals surface area contributed by atoms with Crippen LogP contribution in [-0.4, -0.2) is 39.8 Å². The van der Waals surface area contributed by atoms with Crippen LogP contribution in [0.15, 0.2) is 54.7 Å². The molecule has 0 aliphatic carbocycles. The molecule has 0 bridgehead atoms. The van der Waals surface area contributed by atoms with Crippen LogP contribution in [0.2, 0.25) is 0 Å². The number of rotatable bonds is 5. The Kier molecular flexibility index (Phi) is 5.31. The second-order valence-corrected chi connectivity index (χ2v) is 7.57. The van der Waals surface area contributed by atoms with E-state index in [2.05, 4.69) is 39.6 Å². The number of aromatic amines is 1. The van der Waals surface area contributed by atoms with Crippen LogP contribution in [0, 0.1) is 10.1 Å². The minimum absolute atomic E-state index is 0.00963. The molecule has 1 amide bonds. The maximum absolute atomic E-state index is 12.6. The highest BCUT2D eigenvalue weighted by atomic mass is 16.6. The number of carbonyl (C=O) groups excluding carboxylic acids is 1. The van der Waals surface area contributed by atoms with Crippen LogP contribution in [0.1, 0.15) is 31.2 Å². The van der Waals surface area contributed by atoms with Crippen LogP contribution < -0.4 is 5.32 Å². The topological polar surface area (TPSA) is 91.3 Å². The van der Waals surface area contributed by atoms with Crippen molar-refractivity contribution in [2.45, 2.75) is 31.7 Å². The number of para-hydroxylation sites is 1. The van der Waals surface area contributed by atoms with Gasteiger partial charge >= 0.3 is 0 Å². The third-order valence-corrected chi connectivity index (χ3v) is 5.86. The van der Waals surface area contributed by atoms with Crippen LogP contribution in [0.4, 0.5) is 11.4 Å². The number of nitrogens with zero attached hydrogens (tertiary/aromatic N) is 2. The van der Waals surface area contributed by atoms with Gasteiger partial charge in [-0.25, -0.2) is 0 Å². The summed E-state index contributed by atoms with van der Waals surface area (Å²) < 4.78 is 0. The zero-order chi connectivity index (χ0) is 20.4. The van der Waals surface area contributed by atoms with E-state index in [1.165, 1.54) is 28.6 Å². The number of H-pyrrole nitrogens is 1. The maximum atomic E-state index is 12.6. The lowest BCUT2D eigenvalue weighted by Crippen LogP contribution is -2.45. The second kappa shape index (κ2) is 8.05. The molecule has 2 N–H and O–H groups in total. The summed E-state index contributed by atoms with van der Waals surface area (Å²) in [7, 11) is 0. The lowest BCUT2D eigenvalue weighted by atomic mass is 9.88. The molecule has 0 radical (unpaired) electrons. The molecule has 1 aliphatic rings. The molecule has 1 fully saturated rings. The van der Waals surface area contributed by atoms with Gasteiger partial charge in [0.25, 0.3) is 5.69 Å². The van der Waals surface area contributed by atoms with Crippen LogP contribution in [0.25, 0.3) is 10.9 Å². The fourth-order valence-corrected chi connectivity index (χ4v) is 4.11. The summed E-state index contributed by atoms with van der Waals surface area (Å²) in [5, 5.41) is 14.9. The summed E-state index contributed by atoms with van der Waals surface area (Å²) in [4.78, 5) is 28.5. The molecule has 0 spiro atoms. The molecule has 150 valence electrons. The first-order valence-electron chi connectivity index (χ1n) is 9.88. The molecule has 3 aromatic rings. The largest absolute Gasteiger partial charge is 0.361 e. The van der Waals surface area contributed by atoms with Crippen molar-refractivity contribution in [3.63, 3.8) is 0 Å². The molecule has 7 heteroatoms. The third-order valence-electron chi connectivity index (χ3n) is 5.86. The number of nitro benzene ring substituents is 1. The van der Waals surface area contributed by atoms with E-state index >= 15 is 0 Å². The van der Waals surface area contributed by atoms with E-state index in [1.54, 1.807) is 12.1 Å². The van der Waals surface area contributed by atoms with Gasteiger partial charge in [0.05, 0.1) is 11.0 Å². The highest BCUT2D eigenvalue weighted by Gasteiger charge is 2.28. The number of anilines is 1. The number of aromatic nitrogens is 1. The van der Waals surface area contributed by atoms with E-state index in [1.807, 2.05) is 13.0 Å². The van der Waals surface area contributed by atoms with Gasteiger partial charge in [0.15, 0.2) is 0 Å². The Balaban J connectivity index is 1.35. The molecular weight excluding hydrogens is 368 g/mol. The van der Waals surface area contributed by atoms with Gasteiger partial charge in [0, 0.05) is 34.9 Å². The van der Waals surface area contributed by atoms with Crippen LogP contribution in [0.5, 0.6) is 0 Å². The number of amides is 1. The van der Waals surface area contributed by atoms with Crippen molar-refractivity contribution in [3.05, 3.63) is 70.4 Å². The Morgan fingerprint density at radius 3 is 2.55 bits per heavy atom. The average Bonchev–Trinajstić information content (AvgIpc) is 3.18. The molecule has 4 rings (SSSR count). The minimum Gasteiger partial charge on any atom is -0.361 e. The van der Waals surface area contributed by atoms with Gasteiger partial charge in [0.1, 0.15) is 0 Å². The average molecular weight is 392 g/mol. The molecule has 7 nitrogen and oxygen atoms in total. The normalized spacial score (nSPS) is 16.6. The lowest BCUT2D eigenvalue weighted by Gasteiger charge is -2.35. The van der Waals surface area contributed by atoms with Crippen molar-refractivity contribution in [2.75, 3.05) is 18.4 Å². The number of carbonyl (C=O) groups is 1. The van der Waals surface area contributed by atoms with Crippen molar-refractivity contribution in [3.8, 4) is 0 Å². The van der Waals surface area contributed by atoms with Crippen molar-refractivity contribution < 1.29 is 9.72 Å². The molecule has 2 heterocycles. The number of non-ortho nitro benzene ring substituents is 1.